The quantitative estimate of drug-likeness (QED) is 0.760. The number of hydrogen-bond acceptors (Lipinski definition) is 4. The molecule has 1 aromatic rings. The zero-order valence-electron chi connectivity index (χ0n) is 8.87. The van der Waals surface area contributed by atoms with Gasteiger partial charge in [0.25, 0.3) is 5.91 Å². The third kappa shape index (κ3) is 2.20. The first-order valence-electron chi connectivity index (χ1n) is 5.22. The number of carbonyl (C=O) groups is 1. The van der Waals surface area contributed by atoms with E-state index in [0.717, 1.165) is 0 Å². The van der Waals surface area contributed by atoms with Gasteiger partial charge < -0.3 is 14.7 Å². The van der Waals surface area contributed by atoms with Gasteiger partial charge in [0.05, 0.1) is 31.4 Å². The van der Waals surface area contributed by atoms with Crippen molar-refractivity contribution in [3.63, 3.8) is 0 Å². The monoisotopic (exact) mass is 222 g/mol. The number of aliphatic hydroxyl groups is 1. The first-order valence-corrected chi connectivity index (χ1v) is 5.22. The Kier molecular flexibility index (Phi) is 3.48. The minimum atomic E-state index is -0.249. The summed E-state index contributed by atoms with van der Waals surface area (Å²) in [5, 5.41) is 9.17. The number of amides is 1. The molecule has 0 spiro atoms. The van der Waals surface area contributed by atoms with Gasteiger partial charge in [-0.15, -0.1) is 0 Å². The van der Waals surface area contributed by atoms with Gasteiger partial charge in [-0.2, -0.15) is 0 Å². The molecule has 0 unspecified atom stereocenters. The molecule has 2 heterocycles. The average molecular weight is 222 g/mol. The molecule has 0 bridgehead atoms. The largest absolute Gasteiger partial charge is 0.394 e. The van der Waals surface area contributed by atoms with Gasteiger partial charge in [0.2, 0.25) is 0 Å². The van der Waals surface area contributed by atoms with Gasteiger partial charge in [-0.25, -0.2) is 0 Å². The van der Waals surface area contributed by atoms with E-state index in [1.807, 2.05) is 0 Å². The normalized spacial score (nSPS) is 20.8. The number of pyridine rings is 1. The number of ether oxygens (including phenoxy) is 1. The number of morpholine rings is 1. The minimum absolute atomic E-state index is 0.0774. The van der Waals surface area contributed by atoms with E-state index in [4.69, 9.17) is 9.84 Å². The van der Waals surface area contributed by atoms with E-state index in [1.165, 1.54) is 6.20 Å². The molecule has 1 aromatic heterocycles. The fourth-order valence-corrected chi connectivity index (χ4v) is 1.73. The molecule has 16 heavy (non-hydrogen) atoms. The van der Waals surface area contributed by atoms with Crippen molar-refractivity contribution < 1.29 is 14.6 Å². The minimum Gasteiger partial charge on any atom is -0.394 e. The molecule has 0 radical (unpaired) electrons. The molecule has 5 heteroatoms. The van der Waals surface area contributed by atoms with E-state index in [1.54, 1.807) is 23.2 Å². The van der Waals surface area contributed by atoms with E-state index in [2.05, 4.69) is 4.98 Å². The van der Waals surface area contributed by atoms with Crippen LogP contribution in [0.2, 0.25) is 0 Å². The second kappa shape index (κ2) is 5.05. The Morgan fingerprint density at radius 2 is 2.56 bits per heavy atom. The van der Waals surface area contributed by atoms with Crippen LogP contribution >= 0.6 is 0 Å². The van der Waals surface area contributed by atoms with Gasteiger partial charge in [0.15, 0.2) is 0 Å². The number of hydrogen-bond donors (Lipinski definition) is 1. The highest BCUT2D eigenvalue weighted by Gasteiger charge is 2.27. The van der Waals surface area contributed by atoms with E-state index in [-0.39, 0.29) is 18.6 Å². The SMILES string of the molecule is O=C(c1cccnc1)N1CCOC[C@@H]1CO. The Labute approximate surface area is 93.7 Å². The molecule has 1 amide bonds. The lowest BCUT2D eigenvalue weighted by molar-refractivity contribution is -0.0184. The molecule has 86 valence electrons. The van der Waals surface area contributed by atoms with Crippen molar-refractivity contribution in [2.24, 2.45) is 0 Å². The van der Waals surface area contributed by atoms with Crippen LogP contribution in [0.1, 0.15) is 10.4 Å². The number of carbonyl (C=O) groups excluding carboxylic acids is 1. The van der Waals surface area contributed by atoms with Gasteiger partial charge in [0, 0.05) is 18.9 Å². The molecular formula is C11H14N2O3. The standard InChI is InChI=1S/C11H14N2O3/c14-7-10-8-16-5-4-13(10)11(15)9-2-1-3-12-6-9/h1-3,6,10,14H,4-5,7-8H2/t10-/m0/s1. The number of rotatable bonds is 2. The summed E-state index contributed by atoms with van der Waals surface area (Å²) in [6.45, 7) is 1.34. The maximum atomic E-state index is 12.1. The van der Waals surface area contributed by atoms with Crippen molar-refractivity contribution >= 4 is 5.91 Å². The predicted molar refractivity (Wildman–Crippen MR) is 57.0 cm³/mol. The first kappa shape index (κ1) is 11.0. The Hall–Kier alpha value is -1.46. The third-order valence-electron chi connectivity index (χ3n) is 2.61. The average Bonchev–Trinajstić information content (AvgIpc) is 2.39. The van der Waals surface area contributed by atoms with Crippen molar-refractivity contribution in [2.45, 2.75) is 6.04 Å². The van der Waals surface area contributed by atoms with Gasteiger partial charge in [0.1, 0.15) is 0 Å². The van der Waals surface area contributed by atoms with Gasteiger partial charge in [-0.05, 0) is 12.1 Å². The number of aliphatic hydroxyl groups excluding tert-OH is 1. The predicted octanol–water partition coefficient (Wildman–Crippen LogP) is -0.0851. The highest BCUT2D eigenvalue weighted by atomic mass is 16.5. The molecular weight excluding hydrogens is 208 g/mol. The summed E-state index contributed by atoms with van der Waals surface area (Å²) in [5.41, 5.74) is 0.544. The van der Waals surface area contributed by atoms with Crippen LogP contribution in [0.3, 0.4) is 0 Å². The Bertz CT molecular complexity index is 356. The van der Waals surface area contributed by atoms with Crippen molar-refractivity contribution in [3.05, 3.63) is 30.1 Å². The topological polar surface area (TPSA) is 62.7 Å². The molecule has 1 saturated heterocycles. The molecule has 1 fully saturated rings. The maximum absolute atomic E-state index is 12.1. The smallest absolute Gasteiger partial charge is 0.255 e. The molecule has 0 saturated carbocycles. The van der Waals surface area contributed by atoms with Crippen molar-refractivity contribution in [2.75, 3.05) is 26.4 Å². The van der Waals surface area contributed by atoms with Crippen molar-refractivity contribution in [1.82, 2.24) is 9.88 Å². The van der Waals surface area contributed by atoms with Crippen LogP contribution in [0.5, 0.6) is 0 Å². The van der Waals surface area contributed by atoms with E-state index >= 15 is 0 Å². The van der Waals surface area contributed by atoms with Crippen molar-refractivity contribution in [1.29, 1.82) is 0 Å². The Morgan fingerprint density at radius 1 is 1.69 bits per heavy atom. The number of aromatic nitrogens is 1. The summed E-state index contributed by atoms with van der Waals surface area (Å²) < 4.78 is 5.22. The lowest BCUT2D eigenvalue weighted by Gasteiger charge is -2.34. The Morgan fingerprint density at radius 3 is 3.25 bits per heavy atom. The van der Waals surface area contributed by atoms with Gasteiger partial charge in [-0.3, -0.25) is 9.78 Å². The summed E-state index contributed by atoms with van der Waals surface area (Å²) >= 11 is 0. The lowest BCUT2D eigenvalue weighted by atomic mass is 10.2. The zero-order chi connectivity index (χ0) is 11.4. The fraction of sp³-hybridized carbons (Fsp3) is 0.455. The van der Waals surface area contributed by atoms with Gasteiger partial charge in [-0.1, -0.05) is 0 Å². The van der Waals surface area contributed by atoms with Crippen LogP contribution in [0.25, 0.3) is 0 Å². The van der Waals surface area contributed by atoms with Crippen LogP contribution in [0.4, 0.5) is 0 Å². The molecule has 5 nitrogen and oxygen atoms in total. The van der Waals surface area contributed by atoms with Crippen LogP contribution < -0.4 is 0 Å². The van der Waals surface area contributed by atoms with Gasteiger partial charge >= 0.3 is 0 Å². The van der Waals surface area contributed by atoms with Crippen LogP contribution in [0, 0.1) is 0 Å². The highest BCUT2D eigenvalue weighted by molar-refractivity contribution is 5.94. The van der Waals surface area contributed by atoms with Crippen molar-refractivity contribution in [3.8, 4) is 0 Å². The summed E-state index contributed by atoms with van der Waals surface area (Å²) in [6.07, 6.45) is 3.16. The molecule has 1 aliphatic heterocycles. The molecule has 1 aliphatic rings. The molecule has 2 rings (SSSR count). The summed E-state index contributed by atoms with van der Waals surface area (Å²) in [5.74, 6) is -0.101. The lowest BCUT2D eigenvalue weighted by Crippen LogP contribution is -2.50. The number of nitrogens with zero attached hydrogens (tertiary/aromatic N) is 2. The first-order chi connectivity index (χ1) is 7.83. The molecule has 0 aromatic carbocycles. The molecule has 1 N–H and O–H groups in total. The van der Waals surface area contributed by atoms with E-state index in [9.17, 15) is 4.79 Å². The maximum Gasteiger partial charge on any atom is 0.255 e. The van der Waals surface area contributed by atoms with Crippen LogP contribution in [-0.4, -0.2) is 53.3 Å². The second-order valence-electron chi connectivity index (χ2n) is 3.65. The van der Waals surface area contributed by atoms with E-state index < -0.39 is 0 Å². The molecule has 1 atom stereocenters. The van der Waals surface area contributed by atoms with Crippen LogP contribution in [-0.2, 0) is 4.74 Å². The zero-order valence-corrected chi connectivity index (χ0v) is 8.87. The molecule has 0 aliphatic carbocycles. The summed E-state index contributed by atoms with van der Waals surface area (Å²) in [4.78, 5) is 17.6. The second-order valence-corrected chi connectivity index (χ2v) is 3.65. The van der Waals surface area contributed by atoms with Crippen LogP contribution in [0.15, 0.2) is 24.5 Å². The van der Waals surface area contributed by atoms with E-state index in [0.29, 0.717) is 25.3 Å². The highest BCUT2D eigenvalue weighted by Crippen LogP contribution is 2.11. The summed E-state index contributed by atoms with van der Waals surface area (Å²) in [6, 6.07) is 3.20. The Balaban J connectivity index is 2.14. The summed E-state index contributed by atoms with van der Waals surface area (Å²) in [7, 11) is 0. The third-order valence-corrected chi connectivity index (χ3v) is 2.61. The fourth-order valence-electron chi connectivity index (χ4n) is 1.73.